The van der Waals surface area contributed by atoms with Crippen molar-refractivity contribution < 1.29 is 27.4 Å². The number of methoxy groups -OCH3 is 1. The topological polar surface area (TPSA) is 103 Å². The zero-order valence-electron chi connectivity index (χ0n) is 16.7. The molecule has 1 atom stereocenters. The van der Waals surface area contributed by atoms with Gasteiger partial charge in [0.1, 0.15) is 25.0 Å². The monoisotopic (exact) mass is 452 g/mol. The fourth-order valence-corrected chi connectivity index (χ4v) is 4.57. The van der Waals surface area contributed by atoms with Crippen molar-refractivity contribution in [3.05, 3.63) is 42.5 Å². The lowest BCUT2D eigenvalue weighted by molar-refractivity contribution is -0.117. The first-order chi connectivity index (χ1) is 14.4. The molecule has 1 amide bonds. The van der Waals surface area contributed by atoms with Crippen molar-refractivity contribution >= 4 is 33.4 Å². The van der Waals surface area contributed by atoms with Gasteiger partial charge in [-0.15, -0.1) is 0 Å². The Hall–Kier alpha value is -2.43. The Morgan fingerprint density at radius 1 is 1.17 bits per heavy atom. The lowest BCUT2D eigenvalue weighted by Crippen LogP contribution is -2.44. The standard InChI is InChI=1S/C20H24N2O6S2/c1-26-15-5-3-4-14(12-15)21-20(23)17(8-11-29-2)22-30(24,25)16-6-7-18-19(13-16)28-10-9-27-18/h3-7,12-13,17,22H,8-11H2,1-2H3,(H,21,23). The van der Waals surface area contributed by atoms with E-state index in [1.165, 1.54) is 31.0 Å². The third-order valence-electron chi connectivity index (χ3n) is 4.39. The Morgan fingerprint density at radius 3 is 2.67 bits per heavy atom. The molecule has 0 bridgehead atoms. The molecule has 1 heterocycles. The molecule has 8 nitrogen and oxygen atoms in total. The summed E-state index contributed by atoms with van der Waals surface area (Å²) in [5.74, 6) is 1.61. The van der Waals surface area contributed by atoms with Crippen LogP contribution in [0.15, 0.2) is 47.4 Å². The molecule has 0 fully saturated rings. The van der Waals surface area contributed by atoms with E-state index in [9.17, 15) is 13.2 Å². The molecule has 0 saturated heterocycles. The summed E-state index contributed by atoms with van der Waals surface area (Å²) in [5.41, 5.74) is 0.520. The molecule has 1 aliphatic rings. The Kier molecular flexibility index (Phi) is 7.46. The van der Waals surface area contributed by atoms with E-state index >= 15 is 0 Å². The highest BCUT2D eigenvalue weighted by molar-refractivity contribution is 7.98. The number of benzene rings is 2. The summed E-state index contributed by atoms with van der Waals surface area (Å²) in [6.45, 7) is 0.766. The van der Waals surface area contributed by atoms with Gasteiger partial charge in [-0.3, -0.25) is 4.79 Å². The predicted molar refractivity (Wildman–Crippen MR) is 116 cm³/mol. The Bertz CT molecular complexity index is 997. The molecule has 2 aromatic rings. The van der Waals surface area contributed by atoms with E-state index in [0.29, 0.717) is 48.3 Å². The van der Waals surface area contributed by atoms with Gasteiger partial charge < -0.3 is 19.5 Å². The minimum absolute atomic E-state index is 0.00934. The summed E-state index contributed by atoms with van der Waals surface area (Å²) < 4.78 is 44.4. The summed E-state index contributed by atoms with van der Waals surface area (Å²) in [5, 5.41) is 2.75. The second-order valence-electron chi connectivity index (χ2n) is 6.48. The lowest BCUT2D eigenvalue weighted by atomic mass is 10.2. The van der Waals surface area contributed by atoms with Crippen molar-refractivity contribution in [2.75, 3.05) is 37.6 Å². The number of carbonyl (C=O) groups excluding carboxylic acids is 1. The summed E-state index contributed by atoms with van der Waals surface area (Å²) in [6, 6.07) is 10.3. The second kappa shape index (κ2) is 10.1. The van der Waals surface area contributed by atoms with E-state index in [0.717, 1.165) is 0 Å². The largest absolute Gasteiger partial charge is 0.497 e. The van der Waals surface area contributed by atoms with Crippen molar-refractivity contribution in [3.63, 3.8) is 0 Å². The van der Waals surface area contributed by atoms with Gasteiger partial charge in [-0.2, -0.15) is 16.5 Å². The first-order valence-electron chi connectivity index (χ1n) is 9.29. The number of anilines is 1. The van der Waals surface area contributed by atoms with Crippen molar-refractivity contribution in [1.82, 2.24) is 4.72 Å². The maximum atomic E-state index is 12.9. The van der Waals surface area contributed by atoms with Crippen LogP contribution in [0.5, 0.6) is 17.2 Å². The number of ether oxygens (including phenoxy) is 3. The van der Waals surface area contributed by atoms with Crippen LogP contribution in [0.1, 0.15) is 6.42 Å². The summed E-state index contributed by atoms with van der Waals surface area (Å²) in [4.78, 5) is 12.8. The highest BCUT2D eigenvalue weighted by atomic mass is 32.2. The molecule has 0 aliphatic carbocycles. The number of fused-ring (bicyclic) bond motifs is 1. The van der Waals surface area contributed by atoms with Crippen LogP contribution in [0.25, 0.3) is 0 Å². The molecular weight excluding hydrogens is 428 g/mol. The van der Waals surface area contributed by atoms with Crippen LogP contribution < -0.4 is 24.2 Å². The van der Waals surface area contributed by atoms with Gasteiger partial charge in [-0.05, 0) is 42.7 Å². The molecule has 0 spiro atoms. The van der Waals surface area contributed by atoms with Gasteiger partial charge in [0.25, 0.3) is 0 Å². The van der Waals surface area contributed by atoms with Crippen molar-refractivity contribution in [2.45, 2.75) is 17.4 Å². The summed E-state index contributed by atoms with van der Waals surface area (Å²) >= 11 is 1.53. The highest BCUT2D eigenvalue weighted by Crippen LogP contribution is 2.32. The van der Waals surface area contributed by atoms with Gasteiger partial charge in [0.2, 0.25) is 15.9 Å². The maximum absolute atomic E-state index is 12.9. The molecule has 0 radical (unpaired) electrons. The van der Waals surface area contributed by atoms with E-state index in [-0.39, 0.29) is 4.90 Å². The average Bonchev–Trinajstić information content (AvgIpc) is 2.76. The minimum atomic E-state index is -3.95. The SMILES string of the molecule is COc1cccc(NC(=O)C(CCSC)NS(=O)(=O)c2ccc3c(c2)OCCO3)c1. The smallest absolute Gasteiger partial charge is 0.242 e. The molecule has 2 aromatic carbocycles. The molecule has 10 heteroatoms. The maximum Gasteiger partial charge on any atom is 0.242 e. The van der Waals surface area contributed by atoms with Crippen LogP contribution in [0, 0.1) is 0 Å². The fourth-order valence-electron chi connectivity index (χ4n) is 2.86. The van der Waals surface area contributed by atoms with Crippen LogP contribution in [-0.4, -0.2) is 52.7 Å². The summed E-state index contributed by atoms with van der Waals surface area (Å²) in [7, 11) is -2.42. The summed E-state index contributed by atoms with van der Waals surface area (Å²) in [6.07, 6.45) is 2.23. The van der Waals surface area contributed by atoms with Gasteiger partial charge in [-0.1, -0.05) is 6.07 Å². The van der Waals surface area contributed by atoms with Crippen LogP contribution in [-0.2, 0) is 14.8 Å². The first-order valence-corrected chi connectivity index (χ1v) is 12.2. The molecule has 30 heavy (non-hydrogen) atoms. The van der Waals surface area contributed by atoms with Crippen LogP contribution in [0.2, 0.25) is 0 Å². The first kappa shape index (κ1) is 22.3. The van der Waals surface area contributed by atoms with E-state index < -0.39 is 22.0 Å². The fraction of sp³-hybridized carbons (Fsp3) is 0.350. The zero-order chi connectivity index (χ0) is 21.6. The Morgan fingerprint density at radius 2 is 1.93 bits per heavy atom. The number of carbonyl (C=O) groups is 1. The molecule has 0 saturated carbocycles. The zero-order valence-corrected chi connectivity index (χ0v) is 18.3. The number of hydrogen-bond acceptors (Lipinski definition) is 7. The van der Waals surface area contributed by atoms with E-state index in [2.05, 4.69) is 10.0 Å². The number of hydrogen-bond donors (Lipinski definition) is 2. The Balaban J connectivity index is 1.78. The van der Waals surface area contributed by atoms with Gasteiger partial charge in [-0.25, -0.2) is 8.42 Å². The predicted octanol–water partition coefficient (Wildman–Crippen LogP) is 2.51. The van der Waals surface area contributed by atoms with Gasteiger partial charge >= 0.3 is 0 Å². The van der Waals surface area contributed by atoms with Gasteiger partial charge in [0.15, 0.2) is 11.5 Å². The van der Waals surface area contributed by atoms with Gasteiger partial charge in [0.05, 0.1) is 12.0 Å². The van der Waals surface area contributed by atoms with E-state index in [1.54, 1.807) is 30.3 Å². The molecule has 0 aromatic heterocycles. The van der Waals surface area contributed by atoms with Crippen molar-refractivity contribution in [3.8, 4) is 17.2 Å². The molecule has 1 aliphatic heterocycles. The molecule has 2 N–H and O–H groups in total. The Labute approximate surface area is 180 Å². The second-order valence-corrected chi connectivity index (χ2v) is 9.18. The quantitative estimate of drug-likeness (QED) is 0.603. The molecule has 162 valence electrons. The minimum Gasteiger partial charge on any atom is -0.497 e. The number of rotatable bonds is 9. The van der Waals surface area contributed by atoms with Crippen molar-refractivity contribution in [1.29, 1.82) is 0 Å². The van der Waals surface area contributed by atoms with E-state index in [1.807, 2.05) is 6.26 Å². The molecule has 1 unspecified atom stereocenters. The number of nitrogens with one attached hydrogen (secondary N) is 2. The third kappa shape index (κ3) is 5.59. The third-order valence-corrected chi connectivity index (χ3v) is 6.50. The van der Waals surface area contributed by atoms with Crippen molar-refractivity contribution in [2.24, 2.45) is 0 Å². The number of thioether (sulfide) groups is 1. The lowest BCUT2D eigenvalue weighted by Gasteiger charge is -2.21. The normalized spacial score (nSPS) is 14.1. The van der Waals surface area contributed by atoms with Crippen LogP contribution in [0.4, 0.5) is 5.69 Å². The van der Waals surface area contributed by atoms with E-state index in [4.69, 9.17) is 14.2 Å². The van der Waals surface area contributed by atoms with Crippen LogP contribution >= 0.6 is 11.8 Å². The number of sulfonamides is 1. The average molecular weight is 453 g/mol. The molecular formula is C20H24N2O6S2. The van der Waals surface area contributed by atoms with Gasteiger partial charge in [0, 0.05) is 17.8 Å². The van der Waals surface area contributed by atoms with Crippen LogP contribution in [0.3, 0.4) is 0 Å². The molecule has 3 rings (SSSR count). The highest BCUT2D eigenvalue weighted by Gasteiger charge is 2.27. The number of amides is 1.